The number of anilines is 1. The summed E-state index contributed by atoms with van der Waals surface area (Å²) in [5.41, 5.74) is 11.6. The summed E-state index contributed by atoms with van der Waals surface area (Å²) in [6, 6.07) is 14.3. The first-order valence-corrected chi connectivity index (χ1v) is 7.91. The van der Waals surface area contributed by atoms with Crippen LogP contribution in [-0.4, -0.2) is 19.9 Å². The molecule has 4 aromatic rings. The van der Waals surface area contributed by atoms with Gasteiger partial charge in [0.25, 0.3) is 0 Å². The SMILES string of the molecule is CCc1cc(-c2c[nH]c3ncc(-c4ccccc4)cc23)nc(N)n1. The molecule has 0 saturated heterocycles. The van der Waals surface area contributed by atoms with Gasteiger partial charge in [0.15, 0.2) is 0 Å². The lowest BCUT2D eigenvalue weighted by molar-refractivity contribution is 1.01. The Morgan fingerprint density at radius 3 is 2.67 bits per heavy atom. The fourth-order valence-corrected chi connectivity index (χ4v) is 2.84. The van der Waals surface area contributed by atoms with E-state index in [0.29, 0.717) is 5.95 Å². The molecule has 0 spiro atoms. The number of hydrogen-bond donors (Lipinski definition) is 2. The van der Waals surface area contributed by atoms with Gasteiger partial charge in [-0.05, 0) is 24.1 Å². The van der Waals surface area contributed by atoms with Crippen LogP contribution in [-0.2, 0) is 6.42 Å². The number of pyridine rings is 1. The number of aryl methyl sites for hydroxylation is 1. The van der Waals surface area contributed by atoms with E-state index in [0.717, 1.165) is 45.5 Å². The van der Waals surface area contributed by atoms with Gasteiger partial charge in [0.1, 0.15) is 5.65 Å². The van der Waals surface area contributed by atoms with Gasteiger partial charge in [0.2, 0.25) is 5.95 Å². The van der Waals surface area contributed by atoms with Crippen LogP contribution in [0.2, 0.25) is 0 Å². The minimum atomic E-state index is 0.297. The molecule has 5 nitrogen and oxygen atoms in total. The van der Waals surface area contributed by atoms with Gasteiger partial charge < -0.3 is 10.7 Å². The van der Waals surface area contributed by atoms with Crippen LogP contribution in [0.5, 0.6) is 0 Å². The first-order valence-electron chi connectivity index (χ1n) is 7.91. The van der Waals surface area contributed by atoms with Crippen LogP contribution < -0.4 is 5.73 Å². The predicted octanol–water partition coefficient (Wildman–Crippen LogP) is 3.83. The quantitative estimate of drug-likeness (QED) is 0.602. The summed E-state index contributed by atoms with van der Waals surface area (Å²) in [4.78, 5) is 16.4. The van der Waals surface area contributed by atoms with Gasteiger partial charge in [-0.15, -0.1) is 0 Å². The van der Waals surface area contributed by atoms with Crippen molar-refractivity contribution in [2.45, 2.75) is 13.3 Å². The van der Waals surface area contributed by atoms with E-state index in [1.165, 1.54) is 0 Å². The molecular weight excluding hydrogens is 298 g/mol. The molecule has 3 N–H and O–H groups in total. The van der Waals surface area contributed by atoms with E-state index in [-0.39, 0.29) is 0 Å². The summed E-state index contributed by atoms with van der Waals surface area (Å²) in [5.74, 6) is 0.297. The van der Waals surface area contributed by atoms with E-state index < -0.39 is 0 Å². The number of aromatic nitrogens is 4. The molecule has 0 aliphatic heterocycles. The van der Waals surface area contributed by atoms with E-state index in [1.54, 1.807) is 0 Å². The molecule has 0 aliphatic carbocycles. The van der Waals surface area contributed by atoms with E-state index >= 15 is 0 Å². The van der Waals surface area contributed by atoms with Gasteiger partial charge >= 0.3 is 0 Å². The minimum absolute atomic E-state index is 0.297. The maximum atomic E-state index is 5.86. The molecule has 0 radical (unpaired) electrons. The third-order valence-corrected chi connectivity index (χ3v) is 4.07. The average molecular weight is 315 g/mol. The minimum Gasteiger partial charge on any atom is -0.368 e. The number of nitrogens with one attached hydrogen (secondary N) is 1. The highest BCUT2D eigenvalue weighted by atomic mass is 15.0. The van der Waals surface area contributed by atoms with Crippen molar-refractivity contribution in [1.82, 2.24) is 19.9 Å². The number of nitrogens with zero attached hydrogens (tertiary/aromatic N) is 3. The first kappa shape index (κ1) is 14.4. The Bertz CT molecular complexity index is 1000. The first-order chi connectivity index (χ1) is 11.7. The number of nitrogen functional groups attached to an aromatic ring is 1. The van der Waals surface area contributed by atoms with Gasteiger partial charge in [-0.2, -0.15) is 0 Å². The highest BCUT2D eigenvalue weighted by Crippen LogP contribution is 2.30. The summed E-state index contributed by atoms with van der Waals surface area (Å²) in [6.45, 7) is 2.05. The lowest BCUT2D eigenvalue weighted by atomic mass is 10.0. The van der Waals surface area contributed by atoms with Crippen LogP contribution in [0.4, 0.5) is 5.95 Å². The maximum absolute atomic E-state index is 5.86. The molecule has 118 valence electrons. The number of nitrogens with two attached hydrogens (primary N) is 1. The number of H-pyrrole nitrogens is 1. The summed E-state index contributed by atoms with van der Waals surface area (Å²) < 4.78 is 0. The predicted molar refractivity (Wildman–Crippen MR) is 96.3 cm³/mol. The van der Waals surface area contributed by atoms with E-state index in [4.69, 9.17) is 5.73 Å². The topological polar surface area (TPSA) is 80.5 Å². The Balaban J connectivity index is 1.89. The molecule has 0 bridgehead atoms. The third kappa shape index (κ3) is 2.50. The molecule has 3 aromatic heterocycles. The van der Waals surface area contributed by atoms with Crippen LogP contribution in [0.25, 0.3) is 33.4 Å². The average Bonchev–Trinajstić information content (AvgIpc) is 3.05. The molecule has 0 fully saturated rings. The Labute approximate surface area is 139 Å². The lowest BCUT2D eigenvalue weighted by Crippen LogP contribution is -2.00. The zero-order valence-electron chi connectivity index (χ0n) is 13.3. The molecule has 24 heavy (non-hydrogen) atoms. The van der Waals surface area contributed by atoms with Crippen LogP contribution in [0.3, 0.4) is 0 Å². The Morgan fingerprint density at radius 2 is 1.88 bits per heavy atom. The molecule has 0 atom stereocenters. The van der Waals surface area contributed by atoms with Crippen molar-refractivity contribution >= 4 is 17.0 Å². The van der Waals surface area contributed by atoms with Gasteiger partial charge in [-0.25, -0.2) is 15.0 Å². The van der Waals surface area contributed by atoms with Crippen molar-refractivity contribution < 1.29 is 0 Å². The van der Waals surface area contributed by atoms with Crippen molar-refractivity contribution in [3.8, 4) is 22.4 Å². The Morgan fingerprint density at radius 1 is 1.04 bits per heavy atom. The number of hydrogen-bond acceptors (Lipinski definition) is 4. The second-order valence-electron chi connectivity index (χ2n) is 5.64. The summed E-state index contributed by atoms with van der Waals surface area (Å²) in [6.07, 6.45) is 4.62. The summed E-state index contributed by atoms with van der Waals surface area (Å²) in [7, 11) is 0. The van der Waals surface area contributed by atoms with Gasteiger partial charge in [0, 0.05) is 34.6 Å². The molecule has 0 amide bonds. The smallest absolute Gasteiger partial charge is 0.220 e. The second kappa shape index (κ2) is 5.77. The van der Waals surface area contributed by atoms with Gasteiger partial charge in [-0.3, -0.25) is 0 Å². The van der Waals surface area contributed by atoms with E-state index in [1.807, 2.05) is 36.7 Å². The van der Waals surface area contributed by atoms with Crippen molar-refractivity contribution in [3.05, 3.63) is 60.6 Å². The van der Waals surface area contributed by atoms with E-state index in [9.17, 15) is 0 Å². The summed E-state index contributed by atoms with van der Waals surface area (Å²) >= 11 is 0. The van der Waals surface area contributed by atoms with Crippen molar-refractivity contribution in [1.29, 1.82) is 0 Å². The van der Waals surface area contributed by atoms with Crippen LogP contribution >= 0.6 is 0 Å². The standard InChI is InChI=1S/C19H17N5/c1-2-14-9-17(24-19(20)23-14)16-11-22-18-15(16)8-13(10-21-18)12-6-4-3-5-7-12/h3-11H,2H2,1H3,(H,21,22)(H2,20,23,24). The maximum Gasteiger partial charge on any atom is 0.220 e. The highest BCUT2D eigenvalue weighted by molar-refractivity contribution is 5.95. The molecule has 0 unspecified atom stereocenters. The van der Waals surface area contributed by atoms with Crippen LogP contribution in [0, 0.1) is 0 Å². The fraction of sp³-hybridized carbons (Fsp3) is 0.105. The largest absolute Gasteiger partial charge is 0.368 e. The number of fused-ring (bicyclic) bond motifs is 1. The zero-order chi connectivity index (χ0) is 16.5. The normalized spacial score (nSPS) is 11.0. The van der Waals surface area contributed by atoms with Crippen molar-refractivity contribution in [2.75, 3.05) is 5.73 Å². The second-order valence-corrected chi connectivity index (χ2v) is 5.64. The fourth-order valence-electron chi connectivity index (χ4n) is 2.84. The van der Waals surface area contributed by atoms with Crippen LogP contribution in [0.1, 0.15) is 12.6 Å². The zero-order valence-corrected chi connectivity index (χ0v) is 13.3. The van der Waals surface area contributed by atoms with Gasteiger partial charge in [-0.1, -0.05) is 37.3 Å². The molecule has 4 rings (SSSR count). The van der Waals surface area contributed by atoms with Crippen LogP contribution in [0.15, 0.2) is 54.9 Å². The Hall–Kier alpha value is -3.21. The highest BCUT2D eigenvalue weighted by Gasteiger charge is 2.12. The van der Waals surface area contributed by atoms with Crippen molar-refractivity contribution in [3.63, 3.8) is 0 Å². The number of benzene rings is 1. The molecule has 0 saturated carbocycles. The van der Waals surface area contributed by atoms with E-state index in [2.05, 4.69) is 45.1 Å². The molecule has 1 aromatic carbocycles. The Kier molecular flexibility index (Phi) is 3.46. The van der Waals surface area contributed by atoms with Gasteiger partial charge in [0.05, 0.1) is 5.69 Å². The molecule has 0 aliphatic rings. The number of rotatable bonds is 3. The summed E-state index contributed by atoms with van der Waals surface area (Å²) in [5, 5.41) is 1.02. The van der Waals surface area contributed by atoms with Crippen molar-refractivity contribution in [2.24, 2.45) is 0 Å². The monoisotopic (exact) mass is 315 g/mol. The molecular formula is C19H17N5. The number of aromatic amines is 1. The lowest BCUT2D eigenvalue weighted by Gasteiger charge is -2.05. The molecule has 3 heterocycles. The third-order valence-electron chi connectivity index (χ3n) is 4.07. The molecule has 5 heteroatoms.